The lowest BCUT2D eigenvalue weighted by atomic mass is 10.2. The maximum atomic E-state index is 12.3. The van der Waals surface area contributed by atoms with Gasteiger partial charge >= 0.3 is 0 Å². The second-order valence-electron chi connectivity index (χ2n) is 7.30. The van der Waals surface area contributed by atoms with Crippen molar-refractivity contribution in [3.05, 3.63) is 23.8 Å². The summed E-state index contributed by atoms with van der Waals surface area (Å²) >= 11 is 0. The van der Waals surface area contributed by atoms with Crippen molar-refractivity contribution in [3.8, 4) is 0 Å². The fourth-order valence-corrected chi connectivity index (χ4v) is 4.21. The first-order valence-electron chi connectivity index (χ1n) is 7.60. The molecule has 0 heterocycles. The van der Waals surface area contributed by atoms with E-state index in [1.165, 1.54) is 0 Å². The molecule has 0 aliphatic heterocycles. The lowest BCUT2D eigenvalue weighted by Crippen LogP contribution is -2.41. The quantitative estimate of drug-likeness (QED) is 0.485. The molecule has 22 heavy (non-hydrogen) atoms. The predicted octanol–water partition coefficient (Wildman–Crippen LogP) is 3.76. The Morgan fingerprint density at radius 3 is 2.32 bits per heavy atom. The molecule has 6 heteroatoms. The lowest BCUT2D eigenvalue weighted by Gasteiger charge is -2.36. The fourth-order valence-electron chi connectivity index (χ4n) is 1.75. The van der Waals surface area contributed by atoms with Gasteiger partial charge in [-0.05, 0) is 55.2 Å². The number of rotatable bonds is 6. The minimum absolute atomic E-state index is 0.102. The minimum Gasteiger partial charge on any atom is -0.417 e. The highest BCUT2D eigenvalue weighted by molar-refractivity contribution is 7.91. The van der Waals surface area contributed by atoms with Gasteiger partial charge in [0, 0.05) is 12.3 Å². The average Bonchev–Trinajstić information content (AvgIpc) is 2.36. The molecule has 4 nitrogen and oxygen atoms in total. The molecule has 0 aliphatic rings. The average molecular weight is 344 g/mol. The summed E-state index contributed by atoms with van der Waals surface area (Å²) in [6.07, 6.45) is 0.512. The van der Waals surface area contributed by atoms with Crippen LogP contribution in [0, 0.1) is 6.92 Å². The van der Waals surface area contributed by atoms with Crippen molar-refractivity contribution >= 4 is 23.8 Å². The van der Waals surface area contributed by atoms with Crippen LogP contribution in [0.5, 0.6) is 0 Å². The van der Waals surface area contributed by atoms with Crippen molar-refractivity contribution < 1.29 is 12.8 Å². The van der Waals surface area contributed by atoms with Crippen LogP contribution in [-0.2, 0) is 14.3 Å². The zero-order valence-corrected chi connectivity index (χ0v) is 16.4. The summed E-state index contributed by atoms with van der Waals surface area (Å²) in [6, 6.07) is 4.86. The topological polar surface area (TPSA) is 69.4 Å². The molecule has 0 unspecified atom stereocenters. The van der Waals surface area contributed by atoms with Crippen molar-refractivity contribution in [2.24, 2.45) is 0 Å². The van der Waals surface area contributed by atoms with Crippen LogP contribution >= 0.6 is 0 Å². The fraction of sp³-hybridized carbons (Fsp3) is 0.625. The monoisotopic (exact) mass is 343 g/mol. The van der Waals surface area contributed by atoms with E-state index < -0.39 is 18.2 Å². The molecule has 0 radical (unpaired) electrons. The molecule has 0 aromatic heterocycles. The van der Waals surface area contributed by atoms with E-state index in [2.05, 4.69) is 33.9 Å². The maximum absolute atomic E-state index is 12.3. The molecule has 0 saturated heterocycles. The Labute approximate surface area is 136 Å². The SMILES string of the molecule is Cc1cc(S(=O)(=O)CCCO[Si](C)(C)C(C)(C)C)ccc1N. The summed E-state index contributed by atoms with van der Waals surface area (Å²) in [6.45, 7) is 13.2. The molecule has 0 saturated carbocycles. The van der Waals surface area contributed by atoms with Gasteiger partial charge in [0.2, 0.25) is 0 Å². The highest BCUT2D eigenvalue weighted by Crippen LogP contribution is 2.36. The van der Waals surface area contributed by atoms with Crippen LogP contribution in [0.1, 0.15) is 32.8 Å². The van der Waals surface area contributed by atoms with Crippen LogP contribution in [0.25, 0.3) is 0 Å². The summed E-state index contributed by atoms with van der Waals surface area (Å²) in [4.78, 5) is 0.339. The second kappa shape index (κ2) is 6.72. The molecule has 0 atom stereocenters. The van der Waals surface area contributed by atoms with Gasteiger partial charge in [0.05, 0.1) is 10.6 Å². The van der Waals surface area contributed by atoms with Gasteiger partial charge in [0.25, 0.3) is 0 Å². The van der Waals surface area contributed by atoms with Gasteiger partial charge in [-0.3, -0.25) is 0 Å². The van der Waals surface area contributed by atoms with Gasteiger partial charge in [0.15, 0.2) is 18.2 Å². The number of anilines is 1. The number of aryl methyl sites for hydroxylation is 1. The van der Waals surface area contributed by atoms with Crippen LogP contribution in [0.4, 0.5) is 5.69 Å². The Balaban J connectivity index is 2.62. The van der Waals surface area contributed by atoms with E-state index >= 15 is 0 Å². The van der Waals surface area contributed by atoms with Crippen LogP contribution in [0.3, 0.4) is 0 Å². The van der Waals surface area contributed by atoms with Crippen molar-refractivity contribution in [2.75, 3.05) is 18.1 Å². The second-order valence-corrected chi connectivity index (χ2v) is 14.2. The largest absolute Gasteiger partial charge is 0.417 e. The third-order valence-corrected chi connectivity index (χ3v) is 10.8. The maximum Gasteiger partial charge on any atom is 0.191 e. The van der Waals surface area contributed by atoms with E-state index in [4.69, 9.17) is 10.2 Å². The van der Waals surface area contributed by atoms with Crippen molar-refractivity contribution in [2.45, 2.75) is 57.1 Å². The number of hydrogen-bond donors (Lipinski definition) is 1. The molecule has 0 bridgehead atoms. The number of hydrogen-bond acceptors (Lipinski definition) is 4. The number of benzene rings is 1. The van der Waals surface area contributed by atoms with Gasteiger partial charge < -0.3 is 10.2 Å². The Kier molecular flexibility index (Phi) is 5.86. The van der Waals surface area contributed by atoms with E-state index in [9.17, 15) is 8.42 Å². The summed E-state index contributed by atoms with van der Waals surface area (Å²) in [5.41, 5.74) is 7.13. The van der Waals surface area contributed by atoms with E-state index in [1.807, 2.05) is 6.92 Å². The third-order valence-electron chi connectivity index (χ3n) is 4.43. The Morgan fingerprint density at radius 1 is 1.23 bits per heavy atom. The molecule has 126 valence electrons. The van der Waals surface area contributed by atoms with Gasteiger partial charge in [-0.15, -0.1) is 0 Å². The van der Waals surface area contributed by atoms with Crippen LogP contribution in [0.15, 0.2) is 23.1 Å². The van der Waals surface area contributed by atoms with Crippen molar-refractivity contribution in [1.29, 1.82) is 0 Å². The van der Waals surface area contributed by atoms with E-state index in [-0.39, 0.29) is 10.8 Å². The van der Waals surface area contributed by atoms with E-state index in [0.29, 0.717) is 23.6 Å². The summed E-state index contributed by atoms with van der Waals surface area (Å²) in [5.74, 6) is 0.102. The molecule has 0 fully saturated rings. The molecule has 2 N–H and O–H groups in total. The highest BCUT2D eigenvalue weighted by atomic mass is 32.2. The molecule has 1 rings (SSSR count). The summed E-state index contributed by atoms with van der Waals surface area (Å²) < 4.78 is 30.7. The summed E-state index contributed by atoms with van der Waals surface area (Å²) in [7, 11) is -5.08. The molecule has 0 aliphatic carbocycles. The molecular weight excluding hydrogens is 314 g/mol. The third kappa shape index (κ3) is 4.83. The molecule has 0 spiro atoms. The number of sulfone groups is 1. The molecule has 0 amide bonds. The molecule has 1 aromatic carbocycles. The normalized spacial score (nSPS) is 13.4. The first kappa shape index (κ1) is 19.2. The Morgan fingerprint density at radius 2 is 1.82 bits per heavy atom. The van der Waals surface area contributed by atoms with Crippen LogP contribution in [-0.4, -0.2) is 29.1 Å². The smallest absolute Gasteiger partial charge is 0.191 e. The van der Waals surface area contributed by atoms with Crippen molar-refractivity contribution in [1.82, 2.24) is 0 Å². The predicted molar refractivity (Wildman–Crippen MR) is 95.4 cm³/mol. The van der Waals surface area contributed by atoms with Gasteiger partial charge in [-0.2, -0.15) is 0 Å². The number of nitrogen functional groups attached to an aromatic ring is 1. The van der Waals surface area contributed by atoms with Crippen molar-refractivity contribution in [3.63, 3.8) is 0 Å². The van der Waals surface area contributed by atoms with Gasteiger partial charge in [0.1, 0.15) is 0 Å². The first-order valence-corrected chi connectivity index (χ1v) is 12.2. The zero-order valence-electron chi connectivity index (χ0n) is 14.6. The first-order chi connectivity index (χ1) is 9.87. The van der Waals surface area contributed by atoms with Crippen LogP contribution in [0.2, 0.25) is 18.1 Å². The standard InChI is InChI=1S/C16H29NO3SSi/c1-13-12-14(8-9-15(13)17)21(18,19)11-7-10-20-22(5,6)16(2,3)4/h8-9,12H,7,10-11,17H2,1-6H3. The minimum atomic E-state index is -3.27. The Hall–Kier alpha value is -0.853. The van der Waals surface area contributed by atoms with E-state index in [0.717, 1.165) is 5.56 Å². The van der Waals surface area contributed by atoms with Crippen LogP contribution < -0.4 is 5.73 Å². The van der Waals surface area contributed by atoms with Gasteiger partial charge in [-0.1, -0.05) is 20.8 Å². The molecular formula is C16H29NO3SSi. The summed E-state index contributed by atoms with van der Waals surface area (Å²) in [5, 5.41) is 0.139. The van der Waals surface area contributed by atoms with Gasteiger partial charge in [-0.25, -0.2) is 8.42 Å². The molecule has 1 aromatic rings. The lowest BCUT2D eigenvalue weighted by molar-refractivity contribution is 0.288. The number of nitrogens with two attached hydrogens (primary N) is 1. The Bertz CT molecular complexity index is 619. The van der Waals surface area contributed by atoms with E-state index in [1.54, 1.807) is 18.2 Å². The highest BCUT2D eigenvalue weighted by Gasteiger charge is 2.36. The zero-order chi connectivity index (χ0) is 17.2.